The summed E-state index contributed by atoms with van der Waals surface area (Å²) < 4.78 is 31.8. The standard InChI is InChI=1S/C10H10N2O3S2/c1-2-5-11-10-12-8-6-7(17(13,14)15)3-4-9(8)16-10/h2-4,6H,1,5H2,(H,11,12)(H,13,14,15)/p+1. The molecule has 0 unspecified atom stereocenters. The van der Waals surface area contributed by atoms with E-state index in [0.29, 0.717) is 12.1 Å². The molecule has 0 radical (unpaired) electrons. The zero-order valence-electron chi connectivity index (χ0n) is 8.80. The molecule has 1 heterocycles. The van der Waals surface area contributed by atoms with Crippen molar-refractivity contribution in [3.8, 4) is 0 Å². The Balaban J connectivity index is 2.44. The smallest absolute Gasteiger partial charge is 0.282 e. The molecule has 7 heteroatoms. The molecule has 0 spiro atoms. The molecule has 0 atom stereocenters. The molecular weight excluding hydrogens is 260 g/mol. The van der Waals surface area contributed by atoms with Crippen LogP contribution in [0.1, 0.15) is 0 Å². The summed E-state index contributed by atoms with van der Waals surface area (Å²) in [5.74, 6) is 0. The van der Waals surface area contributed by atoms with E-state index in [2.05, 4.69) is 16.9 Å². The van der Waals surface area contributed by atoms with Crippen LogP contribution < -0.4 is 10.3 Å². The predicted octanol–water partition coefficient (Wildman–Crippen LogP) is 1.56. The molecule has 0 aliphatic carbocycles. The van der Waals surface area contributed by atoms with Crippen molar-refractivity contribution < 1.29 is 18.0 Å². The number of aromatic amines is 1. The van der Waals surface area contributed by atoms with Crippen LogP contribution >= 0.6 is 11.3 Å². The van der Waals surface area contributed by atoms with Gasteiger partial charge < -0.3 is 0 Å². The van der Waals surface area contributed by atoms with Crippen molar-refractivity contribution in [1.29, 1.82) is 0 Å². The summed E-state index contributed by atoms with van der Waals surface area (Å²) in [4.78, 5) is 2.91. The third-order valence-corrected chi connectivity index (χ3v) is 3.99. The highest BCUT2D eigenvalue weighted by molar-refractivity contribution is 7.85. The van der Waals surface area contributed by atoms with Crippen LogP contribution in [0.3, 0.4) is 0 Å². The first-order valence-electron chi connectivity index (χ1n) is 4.79. The lowest BCUT2D eigenvalue weighted by Crippen LogP contribution is -2.09. The lowest BCUT2D eigenvalue weighted by molar-refractivity contribution is -0.321. The van der Waals surface area contributed by atoms with Crippen LogP contribution in [-0.2, 0) is 10.1 Å². The summed E-state index contributed by atoms with van der Waals surface area (Å²) in [7, 11) is -4.15. The monoisotopic (exact) mass is 271 g/mol. The minimum atomic E-state index is -4.15. The highest BCUT2D eigenvalue weighted by Crippen LogP contribution is 2.24. The Hall–Kier alpha value is -1.44. The van der Waals surface area contributed by atoms with Crippen molar-refractivity contribution in [2.24, 2.45) is 0 Å². The van der Waals surface area contributed by atoms with Crippen LogP contribution in [0.2, 0.25) is 0 Å². The zero-order valence-corrected chi connectivity index (χ0v) is 10.4. The maximum atomic E-state index is 11.0. The topological polar surface area (TPSA) is 80.5 Å². The minimum absolute atomic E-state index is 0.116. The Morgan fingerprint density at radius 3 is 2.94 bits per heavy atom. The van der Waals surface area contributed by atoms with E-state index in [4.69, 9.17) is 4.55 Å². The molecule has 1 aromatic carbocycles. The Labute approximate surface area is 103 Å². The number of benzene rings is 1. The molecule has 0 bridgehead atoms. The van der Waals surface area contributed by atoms with E-state index in [1.54, 1.807) is 12.1 Å². The molecule has 0 saturated carbocycles. The first-order valence-corrected chi connectivity index (χ1v) is 7.04. The molecule has 0 fully saturated rings. The first kappa shape index (κ1) is 12.0. The van der Waals surface area contributed by atoms with Crippen LogP contribution in [0.4, 0.5) is 5.13 Å². The van der Waals surface area contributed by atoms with Gasteiger partial charge in [0.2, 0.25) is 0 Å². The van der Waals surface area contributed by atoms with Crippen LogP contribution in [0, 0.1) is 0 Å². The summed E-state index contributed by atoms with van der Waals surface area (Å²) in [6.45, 7) is 4.21. The van der Waals surface area contributed by atoms with Gasteiger partial charge in [-0.25, -0.2) is 4.98 Å². The van der Waals surface area contributed by atoms with Gasteiger partial charge in [0.1, 0.15) is 12.1 Å². The molecule has 3 N–H and O–H groups in total. The quantitative estimate of drug-likeness (QED) is 0.653. The van der Waals surface area contributed by atoms with Crippen LogP contribution in [0.5, 0.6) is 0 Å². The van der Waals surface area contributed by atoms with Crippen molar-refractivity contribution in [3.05, 3.63) is 30.9 Å². The van der Waals surface area contributed by atoms with E-state index in [1.165, 1.54) is 23.5 Å². The van der Waals surface area contributed by atoms with Crippen LogP contribution in [0.15, 0.2) is 35.7 Å². The van der Waals surface area contributed by atoms with Crippen LogP contribution in [0.25, 0.3) is 10.2 Å². The van der Waals surface area contributed by atoms with E-state index in [0.717, 1.165) is 9.83 Å². The number of anilines is 1. The normalized spacial score (nSPS) is 11.6. The summed E-state index contributed by atoms with van der Waals surface area (Å²) in [5.41, 5.74) is 0.664. The van der Waals surface area contributed by atoms with Crippen molar-refractivity contribution in [2.45, 2.75) is 4.90 Å². The maximum Gasteiger partial charge on any atom is 0.332 e. The maximum absolute atomic E-state index is 11.0. The second kappa shape index (κ2) is 4.44. The average molecular weight is 271 g/mol. The van der Waals surface area contributed by atoms with E-state index in [-0.39, 0.29) is 4.90 Å². The number of nitrogens with one attached hydrogen (secondary N) is 2. The summed E-state index contributed by atoms with van der Waals surface area (Å²) in [6, 6.07) is 4.43. The number of thiazole rings is 1. The largest absolute Gasteiger partial charge is 0.332 e. The highest BCUT2D eigenvalue weighted by Gasteiger charge is 2.14. The van der Waals surface area contributed by atoms with Crippen molar-refractivity contribution in [3.63, 3.8) is 0 Å². The lowest BCUT2D eigenvalue weighted by Gasteiger charge is -1.93. The zero-order chi connectivity index (χ0) is 12.5. The fraction of sp³-hybridized carbons (Fsp3) is 0.100. The fourth-order valence-electron chi connectivity index (χ4n) is 1.36. The molecule has 17 heavy (non-hydrogen) atoms. The molecule has 0 aliphatic heterocycles. The second-order valence-corrected chi connectivity index (χ2v) is 5.83. The third-order valence-electron chi connectivity index (χ3n) is 2.12. The first-order chi connectivity index (χ1) is 8.00. The number of fused-ring (bicyclic) bond motifs is 1. The molecule has 1 aromatic heterocycles. The Bertz CT molecular complexity index is 661. The summed E-state index contributed by atoms with van der Waals surface area (Å²) >= 11 is 1.47. The Morgan fingerprint density at radius 1 is 1.53 bits per heavy atom. The van der Waals surface area contributed by atoms with E-state index < -0.39 is 10.1 Å². The molecule has 0 saturated heterocycles. The van der Waals surface area contributed by atoms with E-state index >= 15 is 0 Å². The number of hydrogen-bond acceptors (Lipinski definition) is 4. The van der Waals surface area contributed by atoms with Crippen molar-refractivity contribution in [2.75, 3.05) is 11.9 Å². The summed E-state index contributed by atoms with van der Waals surface area (Å²) in [6.07, 6.45) is 1.72. The minimum Gasteiger partial charge on any atom is -0.282 e. The van der Waals surface area contributed by atoms with Gasteiger partial charge in [-0.2, -0.15) is 8.42 Å². The lowest BCUT2D eigenvalue weighted by atomic mass is 10.3. The number of aromatic nitrogens is 1. The van der Waals surface area contributed by atoms with Crippen LogP contribution in [-0.4, -0.2) is 19.5 Å². The van der Waals surface area contributed by atoms with Gasteiger partial charge in [0, 0.05) is 6.07 Å². The van der Waals surface area contributed by atoms with E-state index in [1.807, 2.05) is 0 Å². The van der Waals surface area contributed by atoms with Gasteiger partial charge in [0.25, 0.3) is 10.1 Å². The van der Waals surface area contributed by atoms with Gasteiger partial charge in [-0.15, -0.1) is 0 Å². The van der Waals surface area contributed by atoms with Gasteiger partial charge in [-0.05, 0) is 23.5 Å². The Kier molecular flexibility index (Phi) is 3.14. The average Bonchev–Trinajstić information content (AvgIpc) is 2.66. The van der Waals surface area contributed by atoms with Gasteiger partial charge in [-0.3, -0.25) is 9.87 Å². The second-order valence-electron chi connectivity index (χ2n) is 3.36. The molecule has 0 aliphatic rings. The van der Waals surface area contributed by atoms with Crippen molar-refractivity contribution in [1.82, 2.24) is 0 Å². The van der Waals surface area contributed by atoms with E-state index in [9.17, 15) is 8.42 Å². The molecule has 5 nitrogen and oxygen atoms in total. The fourth-order valence-corrected chi connectivity index (χ4v) is 2.76. The molecule has 90 valence electrons. The van der Waals surface area contributed by atoms with Gasteiger partial charge in [0.15, 0.2) is 0 Å². The molecule has 0 amide bonds. The molecular formula is C10H11N2O3S2+. The number of H-pyrrole nitrogens is 1. The third kappa shape index (κ3) is 2.63. The van der Waals surface area contributed by atoms with Gasteiger partial charge >= 0.3 is 5.13 Å². The highest BCUT2D eigenvalue weighted by atomic mass is 32.2. The number of hydrogen-bond donors (Lipinski definition) is 2. The summed E-state index contributed by atoms with van der Waals surface area (Å²) in [5, 5.41) is 3.89. The van der Waals surface area contributed by atoms with Gasteiger partial charge in [-0.1, -0.05) is 12.7 Å². The van der Waals surface area contributed by atoms with Crippen molar-refractivity contribution >= 4 is 36.8 Å². The molecule has 2 aromatic rings. The Morgan fingerprint density at radius 2 is 2.29 bits per heavy atom. The predicted molar refractivity (Wildman–Crippen MR) is 66.9 cm³/mol. The molecule has 2 rings (SSSR count). The SMILES string of the molecule is C=CCNc1[nH+]c2cc(S(=O)(=O)O)ccc2s1. The van der Waals surface area contributed by atoms with Gasteiger partial charge in [0.05, 0.1) is 9.60 Å². The number of rotatable bonds is 4.